The third kappa shape index (κ3) is 4.71. The van der Waals surface area contributed by atoms with Crippen LogP contribution in [0.4, 0.5) is 10.3 Å². The van der Waals surface area contributed by atoms with Crippen molar-refractivity contribution >= 4 is 38.3 Å². The van der Waals surface area contributed by atoms with Gasteiger partial charge in [-0.15, -0.1) is 11.3 Å². The number of aromatic nitrogens is 3. The normalized spacial score (nSPS) is 15.3. The Hall–Kier alpha value is -3.35. The second-order valence-corrected chi connectivity index (χ2v) is 11.7. The fourth-order valence-corrected chi connectivity index (χ4v) is 6.78. The van der Waals surface area contributed by atoms with E-state index >= 15 is 0 Å². The number of hydrogen-bond donors (Lipinski definition) is 1. The third-order valence-corrected chi connectivity index (χ3v) is 9.42. The van der Waals surface area contributed by atoms with Crippen LogP contribution in [0, 0.1) is 12.7 Å². The van der Waals surface area contributed by atoms with Gasteiger partial charge in [-0.25, -0.2) is 17.8 Å². The molecule has 3 aromatic heterocycles. The van der Waals surface area contributed by atoms with E-state index < -0.39 is 10.0 Å². The first-order chi connectivity index (χ1) is 17.2. The van der Waals surface area contributed by atoms with Crippen LogP contribution in [0.5, 0.6) is 11.5 Å². The SMILES string of the molecule is Cc1cc(F)ccc1Oc1cc2cnc(NC3CCN(S(=O)(=O)c4cccs4)CC3)nc2n(C)c1=O. The molecule has 1 aliphatic rings. The summed E-state index contributed by atoms with van der Waals surface area (Å²) in [6.07, 6.45) is 2.81. The summed E-state index contributed by atoms with van der Waals surface area (Å²) < 4.78 is 47.9. The van der Waals surface area contributed by atoms with Crippen molar-refractivity contribution in [2.24, 2.45) is 7.05 Å². The Morgan fingerprint density at radius 3 is 2.64 bits per heavy atom. The minimum absolute atomic E-state index is 0.00155. The summed E-state index contributed by atoms with van der Waals surface area (Å²) in [5.74, 6) is 0.456. The summed E-state index contributed by atoms with van der Waals surface area (Å²) in [4.78, 5) is 21.8. The monoisotopic (exact) mass is 529 g/mol. The van der Waals surface area contributed by atoms with E-state index in [4.69, 9.17) is 4.74 Å². The van der Waals surface area contributed by atoms with Crippen LogP contribution >= 0.6 is 11.3 Å². The quantitative estimate of drug-likeness (QED) is 0.404. The molecule has 0 spiro atoms. The largest absolute Gasteiger partial charge is 0.451 e. The number of hydrogen-bond acceptors (Lipinski definition) is 8. The summed E-state index contributed by atoms with van der Waals surface area (Å²) in [6.45, 7) is 2.49. The molecule has 1 fully saturated rings. The first kappa shape index (κ1) is 24.3. The van der Waals surface area contributed by atoms with E-state index in [0.717, 1.165) is 0 Å². The molecule has 0 radical (unpaired) electrons. The second kappa shape index (κ2) is 9.60. The van der Waals surface area contributed by atoms with E-state index in [0.29, 0.717) is 58.4 Å². The average molecular weight is 530 g/mol. The highest BCUT2D eigenvalue weighted by Gasteiger charge is 2.30. The van der Waals surface area contributed by atoms with Crippen LogP contribution in [0.2, 0.25) is 0 Å². The summed E-state index contributed by atoms with van der Waals surface area (Å²) in [6, 6.07) is 9.01. The molecule has 12 heteroatoms. The first-order valence-corrected chi connectivity index (χ1v) is 13.7. The molecular weight excluding hydrogens is 505 g/mol. The van der Waals surface area contributed by atoms with Gasteiger partial charge in [-0.1, -0.05) is 6.07 Å². The van der Waals surface area contributed by atoms with Crippen LogP contribution in [0.15, 0.2) is 57.0 Å². The zero-order valence-corrected chi connectivity index (χ0v) is 21.3. The average Bonchev–Trinajstić information content (AvgIpc) is 3.41. The Balaban J connectivity index is 1.31. The van der Waals surface area contributed by atoms with E-state index in [9.17, 15) is 17.6 Å². The van der Waals surface area contributed by atoms with Crippen LogP contribution in [-0.2, 0) is 17.1 Å². The number of ether oxygens (including phenoxy) is 1. The lowest BCUT2D eigenvalue weighted by atomic mass is 10.1. The van der Waals surface area contributed by atoms with E-state index in [1.54, 1.807) is 43.7 Å². The van der Waals surface area contributed by atoms with Crippen LogP contribution in [0.25, 0.3) is 11.0 Å². The Kier molecular flexibility index (Phi) is 6.49. The molecular formula is C24H24FN5O4S2. The van der Waals surface area contributed by atoms with Gasteiger partial charge in [0.15, 0.2) is 5.75 Å². The van der Waals surface area contributed by atoms with Gasteiger partial charge in [0, 0.05) is 37.8 Å². The fourth-order valence-electron chi connectivity index (χ4n) is 4.17. The summed E-state index contributed by atoms with van der Waals surface area (Å²) in [7, 11) is -1.86. The van der Waals surface area contributed by atoms with Crippen molar-refractivity contribution in [2.45, 2.75) is 30.0 Å². The highest BCUT2D eigenvalue weighted by atomic mass is 32.2. The number of piperidine rings is 1. The van der Waals surface area contributed by atoms with Crippen molar-refractivity contribution < 1.29 is 17.5 Å². The maximum atomic E-state index is 13.4. The molecule has 4 heterocycles. The van der Waals surface area contributed by atoms with Crippen molar-refractivity contribution in [3.05, 3.63) is 69.7 Å². The minimum Gasteiger partial charge on any atom is -0.451 e. The summed E-state index contributed by atoms with van der Waals surface area (Å²) >= 11 is 1.22. The summed E-state index contributed by atoms with van der Waals surface area (Å²) in [5, 5.41) is 5.63. The molecule has 0 atom stereocenters. The maximum absolute atomic E-state index is 13.4. The van der Waals surface area contributed by atoms with Crippen molar-refractivity contribution in [1.29, 1.82) is 0 Å². The van der Waals surface area contributed by atoms with Crippen molar-refractivity contribution in [3.63, 3.8) is 0 Å². The molecule has 1 N–H and O–H groups in total. The van der Waals surface area contributed by atoms with Gasteiger partial charge >= 0.3 is 0 Å². The molecule has 1 aromatic carbocycles. The molecule has 0 amide bonds. The number of fused-ring (bicyclic) bond motifs is 1. The standard InChI is InChI=1S/C24H24FN5O4S2/c1-15-12-17(25)5-6-19(15)34-20-13-16-14-26-24(28-22(16)29(2)23(20)31)27-18-7-9-30(10-8-18)36(32,33)21-4-3-11-35-21/h3-6,11-14,18H,7-10H2,1-2H3,(H,26,27,28). The predicted octanol–water partition coefficient (Wildman–Crippen LogP) is 3.90. The topological polar surface area (TPSA) is 106 Å². The molecule has 9 nitrogen and oxygen atoms in total. The van der Waals surface area contributed by atoms with Crippen molar-refractivity contribution in [2.75, 3.05) is 18.4 Å². The fraction of sp³-hybridized carbons (Fsp3) is 0.292. The van der Waals surface area contributed by atoms with Gasteiger partial charge in [0.2, 0.25) is 5.95 Å². The molecule has 0 unspecified atom stereocenters. The molecule has 0 bridgehead atoms. The van der Waals surface area contributed by atoms with E-state index in [-0.39, 0.29) is 23.2 Å². The second-order valence-electron chi connectivity index (χ2n) is 8.61. The molecule has 188 valence electrons. The molecule has 0 aliphatic carbocycles. The molecule has 1 saturated heterocycles. The number of rotatable bonds is 6. The van der Waals surface area contributed by atoms with Crippen molar-refractivity contribution in [1.82, 2.24) is 18.8 Å². The lowest BCUT2D eigenvalue weighted by Crippen LogP contribution is -2.42. The molecule has 0 saturated carbocycles. The van der Waals surface area contributed by atoms with Crippen LogP contribution < -0.4 is 15.6 Å². The molecule has 5 rings (SSSR count). The molecule has 4 aromatic rings. The third-order valence-electron chi connectivity index (χ3n) is 6.15. The number of nitrogens with zero attached hydrogens (tertiary/aromatic N) is 4. The minimum atomic E-state index is -3.46. The van der Waals surface area contributed by atoms with E-state index in [1.165, 1.54) is 38.4 Å². The first-order valence-electron chi connectivity index (χ1n) is 11.3. The zero-order chi connectivity index (χ0) is 25.4. The number of halogens is 1. The lowest BCUT2D eigenvalue weighted by Gasteiger charge is -2.31. The Morgan fingerprint density at radius 2 is 1.94 bits per heavy atom. The van der Waals surface area contributed by atoms with Crippen LogP contribution in [0.1, 0.15) is 18.4 Å². The van der Waals surface area contributed by atoms with E-state index in [2.05, 4.69) is 15.3 Å². The van der Waals surface area contributed by atoms with Gasteiger partial charge in [0.05, 0.1) is 0 Å². The number of pyridine rings is 1. The van der Waals surface area contributed by atoms with Crippen LogP contribution in [0.3, 0.4) is 0 Å². The van der Waals surface area contributed by atoms with E-state index in [1.807, 2.05) is 0 Å². The number of thiophene rings is 1. The Bertz CT molecular complexity index is 1580. The van der Waals surface area contributed by atoms with Gasteiger partial charge in [0.25, 0.3) is 15.6 Å². The number of aryl methyl sites for hydroxylation is 2. The smallest absolute Gasteiger partial charge is 0.294 e. The van der Waals surface area contributed by atoms with Gasteiger partial charge in [0.1, 0.15) is 21.4 Å². The molecule has 1 aliphatic heterocycles. The van der Waals surface area contributed by atoms with Crippen molar-refractivity contribution in [3.8, 4) is 11.5 Å². The zero-order valence-electron chi connectivity index (χ0n) is 19.6. The maximum Gasteiger partial charge on any atom is 0.294 e. The van der Waals surface area contributed by atoms with Gasteiger partial charge < -0.3 is 10.1 Å². The Labute approximate surface area is 211 Å². The number of sulfonamides is 1. The number of anilines is 1. The highest BCUT2D eigenvalue weighted by molar-refractivity contribution is 7.91. The predicted molar refractivity (Wildman–Crippen MR) is 136 cm³/mol. The van der Waals surface area contributed by atoms with Gasteiger partial charge in [-0.05, 0) is 61.0 Å². The highest BCUT2D eigenvalue weighted by Crippen LogP contribution is 2.27. The molecule has 36 heavy (non-hydrogen) atoms. The lowest BCUT2D eigenvalue weighted by molar-refractivity contribution is 0.330. The summed E-state index contributed by atoms with van der Waals surface area (Å²) in [5.41, 5.74) is 0.614. The number of benzene rings is 1. The number of nitrogens with one attached hydrogen (secondary N) is 1. The van der Waals surface area contributed by atoms with Gasteiger partial charge in [-0.3, -0.25) is 9.36 Å². The van der Waals surface area contributed by atoms with Crippen LogP contribution in [-0.4, -0.2) is 46.4 Å². The Morgan fingerprint density at radius 1 is 1.17 bits per heavy atom. The van der Waals surface area contributed by atoms with Gasteiger partial charge in [-0.2, -0.15) is 9.29 Å².